The van der Waals surface area contributed by atoms with Gasteiger partial charge in [-0.15, -0.1) is 0 Å². The fraction of sp³-hybridized carbons (Fsp3) is 0.750. The van der Waals surface area contributed by atoms with E-state index in [9.17, 15) is 19.2 Å². The Kier molecular flexibility index (Phi) is 10.8. The van der Waals surface area contributed by atoms with Crippen molar-refractivity contribution < 1.29 is 52.0 Å². The number of carbonyl (C=O) groups is 4. The Morgan fingerprint density at radius 3 is 2.20 bits per heavy atom. The van der Waals surface area contributed by atoms with E-state index in [4.69, 9.17) is 28.4 Å². The topological polar surface area (TPSA) is 136 Å². The first-order valence-corrected chi connectivity index (χ1v) is 15.3. The molecule has 2 unspecified atom stereocenters. The van der Waals surface area contributed by atoms with Crippen molar-refractivity contribution in [3.05, 3.63) is 25.3 Å². The molecule has 0 saturated heterocycles. The predicted octanol–water partition coefficient (Wildman–Crippen LogP) is 5.41. The average molecular weight is 626 g/mol. The molecule has 0 bridgehead atoms. The minimum atomic E-state index is -2.61. The lowest BCUT2D eigenvalue weighted by molar-refractivity contribution is -0.186. The summed E-state index contributed by atoms with van der Waals surface area (Å²) in [7, 11) is 0. The van der Waals surface area contributed by atoms with Gasteiger partial charge in [0, 0.05) is 30.8 Å². The highest BCUT2D eigenvalue weighted by Crippen LogP contribution is 2.68. The maximum atomic E-state index is 16.3. The van der Waals surface area contributed by atoms with Crippen molar-refractivity contribution in [1.29, 1.82) is 0 Å². The molecular weight excluding hydrogens is 577 g/mol. The van der Waals surface area contributed by atoms with E-state index in [0.29, 0.717) is 12.8 Å². The van der Waals surface area contributed by atoms with E-state index in [1.54, 1.807) is 0 Å². The van der Waals surface area contributed by atoms with Crippen molar-refractivity contribution >= 4 is 24.2 Å². The van der Waals surface area contributed by atoms with Gasteiger partial charge in [-0.2, -0.15) is 0 Å². The number of halogens is 1. The molecule has 248 valence electrons. The molecule has 0 aromatic heterocycles. The molecule has 44 heavy (non-hydrogen) atoms. The lowest BCUT2D eigenvalue weighted by Gasteiger charge is -2.42. The lowest BCUT2D eigenvalue weighted by atomic mass is 9.64. The van der Waals surface area contributed by atoms with Crippen LogP contribution in [0.1, 0.15) is 74.1 Å². The molecule has 12 heteroatoms. The summed E-state index contributed by atoms with van der Waals surface area (Å²) in [6, 6.07) is 0. The van der Waals surface area contributed by atoms with Crippen LogP contribution in [-0.4, -0.2) is 73.7 Å². The van der Waals surface area contributed by atoms with Crippen molar-refractivity contribution in [2.24, 2.45) is 28.6 Å². The average Bonchev–Trinajstić information content (AvgIpc) is 3.35. The van der Waals surface area contributed by atoms with Crippen molar-refractivity contribution in [1.82, 2.24) is 5.32 Å². The summed E-state index contributed by atoms with van der Waals surface area (Å²) in [4.78, 5) is 52.5. The van der Waals surface area contributed by atoms with Gasteiger partial charge in [-0.25, -0.2) is 23.6 Å². The minimum absolute atomic E-state index is 0.0935. The molecule has 3 fully saturated rings. The zero-order valence-corrected chi connectivity index (χ0v) is 26.9. The molecule has 3 aliphatic rings. The molecule has 0 aliphatic heterocycles. The first kappa shape index (κ1) is 35.3. The molecule has 1 N–H and O–H groups in total. The van der Waals surface area contributed by atoms with Gasteiger partial charge in [-0.1, -0.05) is 66.9 Å². The van der Waals surface area contributed by atoms with Crippen molar-refractivity contribution in [3.8, 4) is 0 Å². The molecule has 0 spiro atoms. The number of fused-ring (bicyclic) bond motifs is 1. The van der Waals surface area contributed by atoms with Crippen molar-refractivity contribution in [3.63, 3.8) is 0 Å². The zero-order valence-electron chi connectivity index (χ0n) is 26.9. The fourth-order valence-electron chi connectivity index (χ4n) is 7.06. The second-order valence-corrected chi connectivity index (χ2v) is 12.8. The Bertz CT molecular complexity index is 1130. The van der Waals surface area contributed by atoms with Gasteiger partial charge in [-0.3, -0.25) is 0 Å². The van der Waals surface area contributed by atoms with Gasteiger partial charge < -0.3 is 33.7 Å². The Labute approximate surface area is 259 Å². The van der Waals surface area contributed by atoms with E-state index >= 15 is 4.39 Å². The molecular formula is C32H48FNO10. The number of nitrogens with one attached hydrogen (secondary N) is 1. The van der Waals surface area contributed by atoms with Crippen LogP contribution in [-0.2, 0) is 38.0 Å². The van der Waals surface area contributed by atoms with E-state index in [0.717, 1.165) is 6.42 Å². The van der Waals surface area contributed by atoms with Gasteiger partial charge in [0.15, 0.2) is 5.54 Å². The van der Waals surface area contributed by atoms with Gasteiger partial charge in [0.25, 0.3) is 0 Å². The lowest BCUT2D eigenvalue weighted by Crippen LogP contribution is -2.65. The number of carbonyl (C=O) groups excluding carboxylic acids is 4. The SMILES string of the molecule is C=CCOC(=O)N[C@@]1(C(=O)OC(C)OC(=O)O[C@H]2C[C@@H](C)C(C)(C)C2(C)CC)[C@H](OCCC)C[C@@H]2[C@H]1[C@@]2(F)C(=O)OCC=C. The first-order valence-electron chi connectivity index (χ1n) is 15.3. The summed E-state index contributed by atoms with van der Waals surface area (Å²) in [5.74, 6) is -4.49. The molecule has 0 radical (unpaired) electrons. The van der Waals surface area contributed by atoms with E-state index in [1.807, 2.05) is 13.8 Å². The number of alkyl halides is 1. The number of hydrogen-bond acceptors (Lipinski definition) is 10. The quantitative estimate of drug-likeness (QED) is 0.115. The van der Waals surface area contributed by atoms with Crippen LogP contribution in [0.15, 0.2) is 25.3 Å². The normalized spacial score (nSPS) is 35.4. The van der Waals surface area contributed by atoms with Gasteiger partial charge >= 0.3 is 24.2 Å². The van der Waals surface area contributed by atoms with Gasteiger partial charge in [0.1, 0.15) is 19.3 Å². The second kappa shape index (κ2) is 13.5. The molecule has 0 heterocycles. The Morgan fingerprint density at radius 1 is 0.977 bits per heavy atom. The zero-order chi connectivity index (χ0) is 33.1. The Hall–Kier alpha value is -3.15. The van der Waals surface area contributed by atoms with Gasteiger partial charge in [0.2, 0.25) is 12.0 Å². The number of rotatable bonds is 14. The molecule has 9 atom stereocenters. The highest BCUT2D eigenvalue weighted by molar-refractivity contribution is 5.94. The van der Waals surface area contributed by atoms with Crippen LogP contribution in [0, 0.1) is 28.6 Å². The molecule has 1 amide bonds. The van der Waals surface area contributed by atoms with Crippen molar-refractivity contribution in [2.75, 3.05) is 19.8 Å². The molecule has 3 aliphatic carbocycles. The van der Waals surface area contributed by atoms with E-state index in [2.05, 4.69) is 46.2 Å². The van der Waals surface area contributed by atoms with Crippen LogP contribution in [0.3, 0.4) is 0 Å². The molecule has 0 aromatic carbocycles. The highest BCUT2D eigenvalue weighted by Gasteiger charge is 2.87. The van der Waals surface area contributed by atoms with E-state index in [1.165, 1.54) is 19.1 Å². The van der Waals surface area contributed by atoms with E-state index < -0.39 is 65.7 Å². The maximum absolute atomic E-state index is 16.3. The maximum Gasteiger partial charge on any atom is 0.511 e. The van der Waals surface area contributed by atoms with Crippen LogP contribution in [0.2, 0.25) is 0 Å². The third-order valence-corrected chi connectivity index (χ3v) is 10.4. The van der Waals surface area contributed by atoms with Crippen LogP contribution in [0.5, 0.6) is 0 Å². The van der Waals surface area contributed by atoms with Gasteiger partial charge in [0.05, 0.1) is 6.10 Å². The Balaban J connectivity index is 1.85. The predicted molar refractivity (Wildman–Crippen MR) is 157 cm³/mol. The Morgan fingerprint density at radius 2 is 1.61 bits per heavy atom. The van der Waals surface area contributed by atoms with Crippen molar-refractivity contribution in [2.45, 2.75) is 104 Å². The second-order valence-electron chi connectivity index (χ2n) is 12.8. The summed E-state index contributed by atoms with van der Waals surface area (Å²) in [6.45, 7) is 20.3. The molecule has 3 rings (SSSR count). The summed E-state index contributed by atoms with van der Waals surface area (Å²) >= 11 is 0. The highest BCUT2D eigenvalue weighted by atomic mass is 19.1. The third kappa shape index (κ3) is 6.06. The number of hydrogen-bond donors (Lipinski definition) is 1. The van der Waals surface area contributed by atoms with Gasteiger partial charge in [-0.05, 0) is 37.0 Å². The molecule has 11 nitrogen and oxygen atoms in total. The van der Waals surface area contributed by atoms with Crippen LogP contribution >= 0.6 is 0 Å². The van der Waals surface area contributed by atoms with Crippen LogP contribution in [0.25, 0.3) is 0 Å². The summed E-state index contributed by atoms with van der Waals surface area (Å²) in [6.07, 6.45) is -0.647. The number of amides is 1. The molecule has 3 saturated carbocycles. The minimum Gasteiger partial charge on any atom is -0.459 e. The first-order chi connectivity index (χ1) is 20.6. The van der Waals surface area contributed by atoms with Crippen LogP contribution < -0.4 is 5.32 Å². The third-order valence-electron chi connectivity index (χ3n) is 10.4. The standard InChI is InChI=1S/C32H48FNO10/c1-10-14-39-23-18-21-24(31(21,33)25(35)40-15-11-2)32(23,34-27(37)41-16-12-3)26(36)42-20(6)43-28(38)44-22-17-19(5)29(7,8)30(22,9)13-4/h11-12,19-24H,2-3,10,13-18H2,1,4-9H3,(H,34,37)/t19-,20?,21-,22+,23-,24+,30?,31-,32+/m1/s1. The van der Waals surface area contributed by atoms with Crippen LogP contribution in [0.4, 0.5) is 14.0 Å². The number of ether oxygens (including phenoxy) is 6. The smallest absolute Gasteiger partial charge is 0.459 e. The fourth-order valence-corrected chi connectivity index (χ4v) is 7.06. The summed E-state index contributed by atoms with van der Waals surface area (Å²) in [5, 5.41) is 2.45. The number of esters is 2. The largest absolute Gasteiger partial charge is 0.511 e. The number of alkyl carbamates (subject to hydrolysis) is 1. The summed E-state index contributed by atoms with van der Waals surface area (Å²) in [5.41, 5.74) is -5.23. The molecule has 0 aromatic rings. The summed E-state index contributed by atoms with van der Waals surface area (Å²) < 4.78 is 48.8. The van der Waals surface area contributed by atoms with E-state index in [-0.39, 0.29) is 43.0 Å². The monoisotopic (exact) mass is 625 g/mol.